The summed E-state index contributed by atoms with van der Waals surface area (Å²) < 4.78 is 0. The molecule has 0 saturated heterocycles. The molecule has 1 heterocycles. The van der Waals surface area contributed by atoms with E-state index in [0.29, 0.717) is 19.5 Å². The van der Waals surface area contributed by atoms with Crippen LogP contribution < -0.4 is 5.32 Å². The van der Waals surface area contributed by atoms with Gasteiger partial charge in [0.25, 0.3) is 0 Å². The molecule has 0 aliphatic carbocycles. The summed E-state index contributed by atoms with van der Waals surface area (Å²) in [5.74, 6) is -0.0122. The summed E-state index contributed by atoms with van der Waals surface area (Å²) in [6.45, 7) is 1.09. The standard InChI is InChI=1S/C11H15N5O/c12-16-15-7-2-1-6-14-11(17)8-10-4-3-5-13-9-10/h3-5,9H,1-2,6-8H2,(H,14,17). The predicted octanol–water partition coefficient (Wildman–Crippen LogP) is 1.83. The Kier molecular flexibility index (Phi) is 6.21. The molecule has 1 amide bonds. The Hall–Kier alpha value is -2.07. The van der Waals surface area contributed by atoms with Crippen molar-refractivity contribution in [3.05, 3.63) is 40.5 Å². The first kappa shape index (κ1) is 13.0. The number of hydrogen-bond donors (Lipinski definition) is 1. The van der Waals surface area contributed by atoms with Crippen LogP contribution in [0, 0.1) is 0 Å². The van der Waals surface area contributed by atoms with Crippen LogP contribution in [0.25, 0.3) is 10.4 Å². The van der Waals surface area contributed by atoms with Crippen molar-refractivity contribution in [1.29, 1.82) is 0 Å². The Morgan fingerprint density at radius 2 is 2.41 bits per heavy atom. The van der Waals surface area contributed by atoms with Gasteiger partial charge in [-0.25, -0.2) is 0 Å². The van der Waals surface area contributed by atoms with Gasteiger partial charge in [0, 0.05) is 30.4 Å². The molecule has 1 rings (SSSR count). The minimum atomic E-state index is -0.0122. The topological polar surface area (TPSA) is 90.8 Å². The SMILES string of the molecule is [N-]=[N+]=NCCCCNC(=O)Cc1cccnc1. The maximum Gasteiger partial charge on any atom is 0.224 e. The van der Waals surface area contributed by atoms with Gasteiger partial charge in [-0.05, 0) is 30.0 Å². The molecule has 90 valence electrons. The van der Waals surface area contributed by atoms with Crippen molar-refractivity contribution in [2.24, 2.45) is 5.11 Å². The number of amides is 1. The Labute approximate surface area is 99.7 Å². The molecule has 0 spiro atoms. The number of hydrogen-bond acceptors (Lipinski definition) is 3. The van der Waals surface area contributed by atoms with Crippen LogP contribution >= 0.6 is 0 Å². The summed E-state index contributed by atoms with van der Waals surface area (Å²) in [5, 5.41) is 6.22. The largest absolute Gasteiger partial charge is 0.356 e. The molecule has 0 atom stereocenters. The summed E-state index contributed by atoms with van der Waals surface area (Å²) >= 11 is 0. The Bertz CT molecular complexity index is 386. The minimum absolute atomic E-state index is 0.0122. The molecule has 17 heavy (non-hydrogen) atoms. The van der Waals surface area contributed by atoms with Crippen molar-refractivity contribution < 1.29 is 4.79 Å². The molecule has 0 saturated carbocycles. The molecule has 6 heteroatoms. The van der Waals surface area contributed by atoms with Gasteiger partial charge in [-0.15, -0.1) is 0 Å². The molecule has 0 unspecified atom stereocenters. The van der Waals surface area contributed by atoms with E-state index in [-0.39, 0.29) is 5.91 Å². The molecule has 1 aromatic heterocycles. The molecule has 0 aliphatic rings. The lowest BCUT2D eigenvalue weighted by Crippen LogP contribution is -2.26. The van der Waals surface area contributed by atoms with Gasteiger partial charge in [0.05, 0.1) is 6.42 Å². The van der Waals surface area contributed by atoms with E-state index in [1.807, 2.05) is 12.1 Å². The fourth-order valence-electron chi connectivity index (χ4n) is 1.33. The van der Waals surface area contributed by atoms with E-state index in [2.05, 4.69) is 20.3 Å². The fraction of sp³-hybridized carbons (Fsp3) is 0.455. The quantitative estimate of drug-likeness (QED) is 0.337. The normalized spacial score (nSPS) is 9.41. The number of rotatable bonds is 7. The fourth-order valence-corrected chi connectivity index (χ4v) is 1.33. The van der Waals surface area contributed by atoms with E-state index in [9.17, 15) is 4.79 Å². The molecule has 0 bridgehead atoms. The molecular weight excluding hydrogens is 218 g/mol. The molecule has 0 radical (unpaired) electrons. The van der Waals surface area contributed by atoms with Crippen molar-refractivity contribution in [1.82, 2.24) is 10.3 Å². The van der Waals surface area contributed by atoms with Gasteiger partial charge in [-0.1, -0.05) is 11.2 Å². The van der Waals surface area contributed by atoms with Gasteiger partial charge in [0.15, 0.2) is 0 Å². The number of azide groups is 1. The van der Waals surface area contributed by atoms with E-state index in [1.165, 1.54) is 0 Å². The zero-order chi connectivity index (χ0) is 12.3. The van der Waals surface area contributed by atoms with Gasteiger partial charge in [-0.3, -0.25) is 9.78 Å². The monoisotopic (exact) mass is 233 g/mol. The van der Waals surface area contributed by atoms with Crippen molar-refractivity contribution in [3.63, 3.8) is 0 Å². The van der Waals surface area contributed by atoms with Crippen LogP contribution in [0.5, 0.6) is 0 Å². The first-order chi connectivity index (χ1) is 8.33. The number of unbranched alkanes of at least 4 members (excludes halogenated alkanes) is 1. The molecular formula is C11H15N5O. The number of nitrogens with one attached hydrogen (secondary N) is 1. The van der Waals surface area contributed by atoms with Gasteiger partial charge >= 0.3 is 0 Å². The summed E-state index contributed by atoms with van der Waals surface area (Å²) in [4.78, 5) is 18.1. The molecule has 0 fully saturated rings. The van der Waals surface area contributed by atoms with Crippen LogP contribution in [0.4, 0.5) is 0 Å². The van der Waals surface area contributed by atoms with Crippen LogP contribution in [-0.2, 0) is 11.2 Å². The lowest BCUT2D eigenvalue weighted by atomic mass is 10.2. The van der Waals surface area contributed by atoms with Crippen LogP contribution in [0.3, 0.4) is 0 Å². The van der Waals surface area contributed by atoms with E-state index in [1.54, 1.807) is 12.4 Å². The number of pyridine rings is 1. The van der Waals surface area contributed by atoms with Crippen LogP contribution in [0.2, 0.25) is 0 Å². The lowest BCUT2D eigenvalue weighted by molar-refractivity contribution is -0.120. The van der Waals surface area contributed by atoms with Gasteiger partial charge < -0.3 is 5.32 Å². The van der Waals surface area contributed by atoms with Gasteiger partial charge in [0.1, 0.15) is 0 Å². The maximum atomic E-state index is 11.5. The number of aromatic nitrogens is 1. The van der Waals surface area contributed by atoms with E-state index in [4.69, 9.17) is 5.53 Å². The second-order valence-electron chi connectivity index (χ2n) is 3.55. The average molecular weight is 233 g/mol. The molecule has 6 nitrogen and oxygen atoms in total. The maximum absolute atomic E-state index is 11.5. The van der Waals surface area contributed by atoms with Gasteiger partial charge in [-0.2, -0.15) is 0 Å². The van der Waals surface area contributed by atoms with E-state index >= 15 is 0 Å². The van der Waals surface area contributed by atoms with Gasteiger partial charge in [0.2, 0.25) is 5.91 Å². The number of carbonyl (C=O) groups excluding carboxylic acids is 1. The van der Waals surface area contributed by atoms with Crippen LogP contribution in [-0.4, -0.2) is 24.0 Å². The Morgan fingerprint density at radius 3 is 3.12 bits per heavy atom. The summed E-state index contributed by atoms with van der Waals surface area (Å²) in [5.41, 5.74) is 8.96. The van der Waals surface area contributed by atoms with Crippen LogP contribution in [0.1, 0.15) is 18.4 Å². The highest BCUT2D eigenvalue weighted by molar-refractivity contribution is 5.78. The van der Waals surface area contributed by atoms with Crippen molar-refractivity contribution in [3.8, 4) is 0 Å². The average Bonchev–Trinajstić information content (AvgIpc) is 2.35. The lowest BCUT2D eigenvalue weighted by Gasteiger charge is -2.04. The molecule has 0 aromatic carbocycles. The van der Waals surface area contributed by atoms with E-state index in [0.717, 1.165) is 18.4 Å². The Morgan fingerprint density at radius 1 is 1.53 bits per heavy atom. The van der Waals surface area contributed by atoms with Crippen LogP contribution in [0.15, 0.2) is 29.6 Å². The summed E-state index contributed by atoms with van der Waals surface area (Å²) in [6.07, 6.45) is 5.32. The highest BCUT2D eigenvalue weighted by Crippen LogP contribution is 1.96. The third-order valence-corrected chi connectivity index (χ3v) is 2.16. The number of nitrogens with zero attached hydrogens (tertiary/aromatic N) is 4. The molecule has 0 aliphatic heterocycles. The summed E-state index contributed by atoms with van der Waals surface area (Å²) in [6, 6.07) is 3.68. The smallest absolute Gasteiger partial charge is 0.224 e. The minimum Gasteiger partial charge on any atom is -0.356 e. The summed E-state index contributed by atoms with van der Waals surface area (Å²) in [7, 11) is 0. The molecule has 1 N–H and O–H groups in total. The number of carbonyl (C=O) groups is 1. The van der Waals surface area contributed by atoms with E-state index < -0.39 is 0 Å². The third kappa shape index (κ3) is 6.17. The van der Waals surface area contributed by atoms with Crippen molar-refractivity contribution in [2.75, 3.05) is 13.1 Å². The zero-order valence-corrected chi connectivity index (χ0v) is 9.54. The second-order valence-corrected chi connectivity index (χ2v) is 3.55. The highest BCUT2D eigenvalue weighted by Gasteiger charge is 2.01. The zero-order valence-electron chi connectivity index (χ0n) is 9.54. The van der Waals surface area contributed by atoms with Crippen molar-refractivity contribution >= 4 is 5.91 Å². The Balaban J connectivity index is 2.11. The second kappa shape index (κ2) is 8.13. The first-order valence-electron chi connectivity index (χ1n) is 5.49. The first-order valence-corrected chi connectivity index (χ1v) is 5.49. The molecule has 1 aromatic rings. The highest BCUT2D eigenvalue weighted by atomic mass is 16.1. The third-order valence-electron chi connectivity index (χ3n) is 2.16. The predicted molar refractivity (Wildman–Crippen MR) is 64.2 cm³/mol. The van der Waals surface area contributed by atoms with Crippen molar-refractivity contribution in [2.45, 2.75) is 19.3 Å².